The van der Waals surface area contributed by atoms with Crippen LogP contribution < -0.4 is 5.32 Å². The molecule has 0 bridgehead atoms. The first-order valence-corrected chi connectivity index (χ1v) is 7.33. The summed E-state index contributed by atoms with van der Waals surface area (Å²) in [6.07, 6.45) is 1.89. The molecule has 1 aromatic rings. The molecule has 110 valence electrons. The molecule has 20 heavy (non-hydrogen) atoms. The lowest BCUT2D eigenvalue weighted by atomic mass is 10.1. The summed E-state index contributed by atoms with van der Waals surface area (Å²) in [5, 5.41) is 3.42. The van der Waals surface area contributed by atoms with Crippen molar-refractivity contribution < 1.29 is 14.3 Å². The van der Waals surface area contributed by atoms with E-state index in [0.29, 0.717) is 29.7 Å². The maximum atomic E-state index is 11.8. The highest BCUT2D eigenvalue weighted by atomic mass is 35.5. The molecule has 2 rings (SSSR count). The molecule has 1 aromatic carbocycles. The molecule has 1 fully saturated rings. The van der Waals surface area contributed by atoms with Gasteiger partial charge in [0.2, 0.25) is 0 Å². The maximum absolute atomic E-state index is 11.8. The molecule has 1 aliphatic heterocycles. The predicted octanol–water partition coefficient (Wildman–Crippen LogP) is 2.51. The Labute approximate surface area is 124 Å². The van der Waals surface area contributed by atoms with Crippen molar-refractivity contribution in [1.29, 1.82) is 0 Å². The molecule has 0 spiro atoms. The molecule has 0 radical (unpaired) electrons. The zero-order chi connectivity index (χ0) is 14.2. The molecule has 1 N–H and O–H groups in total. The van der Waals surface area contributed by atoms with Crippen LogP contribution in [0.5, 0.6) is 0 Å². The number of ether oxygens (including phenoxy) is 2. The molecule has 4 nitrogen and oxygen atoms in total. The van der Waals surface area contributed by atoms with Crippen LogP contribution in [0.3, 0.4) is 0 Å². The fourth-order valence-corrected chi connectivity index (χ4v) is 2.26. The maximum Gasteiger partial charge on any atom is 0.251 e. The van der Waals surface area contributed by atoms with E-state index < -0.39 is 0 Å². The zero-order valence-corrected chi connectivity index (χ0v) is 12.2. The van der Waals surface area contributed by atoms with Gasteiger partial charge in [-0.25, -0.2) is 0 Å². The summed E-state index contributed by atoms with van der Waals surface area (Å²) in [5.74, 6) is 0.438. The van der Waals surface area contributed by atoms with E-state index in [0.717, 1.165) is 32.7 Å². The summed E-state index contributed by atoms with van der Waals surface area (Å²) in [4.78, 5) is 11.8. The van der Waals surface area contributed by atoms with E-state index in [-0.39, 0.29) is 5.91 Å². The average molecular weight is 298 g/mol. The Balaban J connectivity index is 1.55. The van der Waals surface area contributed by atoms with Crippen LogP contribution in [-0.2, 0) is 9.47 Å². The number of rotatable bonds is 7. The summed E-state index contributed by atoms with van der Waals surface area (Å²) in [7, 11) is 0. The van der Waals surface area contributed by atoms with Gasteiger partial charge < -0.3 is 14.8 Å². The molecular weight excluding hydrogens is 278 g/mol. The van der Waals surface area contributed by atoms with Crippen LogP contribution in [0.1, 0.15) is 23.2 Å². The molecule has 1 heterocycles. The Hall–Kier alpha value is -1.10. The van der Waals surface area contributed by atoms with Crippen LogP contribution in [0.15, 0.2) is 24.3 Å². The summed E-state index contributed by atoms with van der Waals surface area (Å²) < 4.78 is 10.8. The third-order valence-electron chi connectivity index (χ3n) is 3.22. The van der Waals surface area contributed by atoms with Gasteiger partial charge in [-0.3, -0.25) is 4.79 Å². The van der Waals surface area contributed by atoms with E-state index >= 15 is 0 Å². The van der Waals surface area contributed by atoms with Crippen LogP contribution in [0, 0.1) is 5.92 Å². The van der Waals surface area contributed by atoms with Crippen LogP contribution in [-0.4, -0.2) is 38.9 Å². The van der Waals surface area contributed by atoms with Gasteiger partial charge in [-0.2, -0.15) is 0 Å². The first-order valence-electron chi connectivity index (χ1n) is 6.95. The van der Waals surface area contributed by atoms with Gasteiger partial charge in [0.25, 0.3) is 5.91 Å². The zero-order valence-electron chi connectivity index (χ0n) is 11.4. The molecule has 1 atom stereocenters. The second-order valence-corrected chi connectivity index (χ2v) is 5.36. The van der Waals surface area contributed by atoms with E-state index in [1.165, 1.54) is 0 Å². The van der Waals surface area contributed by atoms with E-state index in [2.05, 4.69) is 5.32 Å². The number of hydrogen-bond acceptors (Lipinski definition) is 3. The Bertz CT molecular complexity index is 433. The standard InChI is InChI=1S/C15H20ClNO3/c16-14-4-1-3-13(9-14)15(18)17-6-2-7-19-10-12-5-8-20-11-12/h1,3-4,9,12H,2,5-8,10-11H2,(H,17,18)/t12-/m1/s1. The third-order valence-corrected chi connectivity index (χ3v) is 3.45. The lowest BCUT2D eigenvalue weighted by molar-refractivity contribution is 0.0853. The first kappa shape index (κ1) is 15.3. The largest absolute Gasteiger partial charge is 0.381 e. The lowest BCUT2D eigenvalue weighted by Crippen LogP contribution is -2.25. The predicted molar refractivity (Wildman–Crippen MR) is 78.1 cm³/mol. The minimum absolute atomic E-state index is 0.100. The smallest absolute Gasteiger partial charge is 0.251 e. The second kappa shape index (κ2) is 8.25. The van der Waals surface area contributed by atoms with E-state index in [4.69, 9.17) is 21.1 Å². The highest BCUT2D eigenvalue weighted by molar-refractivity contribution is 6.30. The fourth-order valence-electron chi connectivity index (χ4n) is 2.07. The number of carbonyl (C=O) groups is 1. The number of carbonyl (C=O) groups excluding carboxylic acids is 1. The average Bonchev–Trinajstić information content (AvgIpc) is 2.95. The number of nitrogens with one attached hydrogen (secondary N) is 1. The van der Waals surface area contributed by atoms with Crippen LogP contribution in [0.25, 0.3) is 0 Å². The number of amides is 1. The van der Waals surface area contributed by atoms with Gasteiger partial charge in [0.15, 0.2) is 0 Å². The normalized spacial score (nSPS) is 18.1. The fraction of sp³-hybridized carbons (Fsp3) is 0.533. The van der Waals surface area contributed by atoms with Crippen molar-refractivity contribution in [1.82, 2.24) is 5.32 Å². The minimum atomic E-state index is -0.100. The quantitative estimate of drug-likeness (QED) is 0.787. The molecule has 1 aliphatic rings. The molecule has 1 amide bonds. The Kier molecular flexibility index (Phi) is 6.30. The molecule has 5 heteroatoms. The van der Waals surface area contributed by atoms with E-state index in [1.54, 1.807) is 24.3 Å². The van der Waals surface area contributed by atoms with E-state index in [1.807, 2.05) is 0 Å². The molecular formula is C15H20ClNO3. The summed E-state index contributed by atoms with van der Waals surface area (Å²) >= 11 is 5.84. The van der Waals surface area contributed by atoms with Crippen LogP contribution in [0.4, 0.5) is 0 Å². The molecule has 0 unspecified atom stereocenters. The van der Waals surface area contributed by atoms with Crippen molar-refractivity contribution in [3.8, 4) is 0 Å². The van der Waals surface area contributed by atoms with Gasteiger partial charge in [0.05, 0.1) is 13.2 Å². The highest BCUT2D eigenvalue weighted by Gasteiger charge is 2.15. The van der Waals surface area contributed by atoms with Gasteiger partial charge in [0.1, 0.15) is 0 Å². The highest BCUT2D eigenvalue weighted by Crippen LogP contribution is 2.12. The Morgan fingerprint density at radius 3 is 3.15 bits per heavy atom. The second-order valence-electron chi connectivity index (χ2n) is 4.92. The lowest BCUT2D eigenvalue weighted by Gasteiger charge is -2.09. The SMILES string of the molecule is O=C(NCCCOC[C@H]1CCOC1)c1cccc(Cl)c1. The Morgan fingerprint density at radius 1 is 1.50 bits per heavy atom. The monoisotopic (exact) mass is 297 g/mol. The Morgan fingerprint density at radius 2 is 2.40 bits per heavy atom. The van der Waals surface area contributed by atoms with Gasteiger partial charge in [-0.05, 0) is 31.0 Å². The van der Waals surface area contributed by atoms with Crippen molar-refractivity contribution in [3.63, 3.8) is 0 Å². The van der Waals surface area contributed by atoms with E-state index in [9.17, 15) is 4.79 Å². The van der Waals surface area contributed by atoms with Crippen molar-refractivity contribution in [2.24, 2.45) is 5.92 Å². The summed E-state index contributed by atoms with van der Waals surface area (Å²) in [6, 6.07) is 6.92. The van der Waals surface area contributed by atoms with Crippen molar-refractivity contribution >= 4 is 17.5 Å². The number of halogens is 1. The van der Waals surface area contributed by atoms with Crippen molar-refractivity contribution in [2.45, 2.75) is 12.8 Å². The summed E-state index contributed by atoms with van der Waals surface area (Å²) in [6.45, 7) is 3.68. The summed E-state index contributed by atoms with van der Waals surface area (Å²) in [5.41, 5.74) is 0.585. The minimum Gasteiger partial charge on any atom is -0.381 e. The molecule has 0 aliphatic carbocycles. The van der Waals surface area contributed by atoms with Gasteiger partial charge in [0, 0.05) is 36.3 Å². The molecule has 0 saturated carbocycles. The number of hydrogen-bond donors (Lipinski definition) is 1. The van der Waals surface area contributed by atoms with Gasteiger partial charge in [-0.1, -0.05) is 17.7 Å². The van der Waals surface area contributed by atoms with Crippen LogP contribution >= 0.6 is 11.6 Å². The topological polar surface area (TPSA) is 47.6 Å². The van der Waals surface area contributed by atoms with Crippen molar-refractivity contribution in [3.05, 3.63) is 34.9 Å². The third kappa shape index (κ3) is 5.12. The molecule has 1 saturated heterocycles. The molecule has 0 aromatic heterocycles. The van der Waals surface area contributed by atoms with Crippen molar-refractivity contribution in [2.75, 3.05) is 33.0 Å². The van der Waals surface area contributed by atoms with Gasteiger partial charge in [-0.15, -0.1) is 0 Å². The first-order chi connectivity index (χ1) is 9.75. The van der Waals surface area contributed by atoms with Gasteiger partial charge >= 0.3 is 0 Å². The number of benzene rings is 1. The van der Waals surface area contributed by atoms with Crippen LogP contribution in [0.2, 0.25) is 5.02 Å².